The highest BCUT2D eigenvalue weighted by Gasteiger charge is 2.03. The highest BCUT2D eigenvalue weighted by atomic mass is 15.0. The van der Waals surface area contributed by atoms with E-state index in [2.05, 4.69) is 20.0 Å². The molecule has 0 aromatic carbocycles. The summed E-state index contributed by atoms with van der Waals surface area (Å²) in [5.41, 5.74) is 0.775. The van der Waals surface area contributed by atoms with E-state index >= 15 is 0 Å². The van der Waals surface area contributed by atoms with Gasteiger partial charge in [-0.3, -0.25) is 9.98 Å². The van der Waals surface area contributed by atoms with Gasteiger partial charge in [0, 0.05) is 19.5 Å². The van der Waals surface area contributed by atoms with Crippen LogP contribution in [0.3, 0.4) is 0 Å². The van der Waals surface area contributed by atoms with E-state index in [1.165, 1.54) is 6.34 Å². The lowest BCUT2D eigenvalue weighted by Crippen LogP contribution is -2.03. The van der Waals surface area contributed by atoms with Crippen molar-refractivity contribution in [1.29, 1.82) is 0 Å². The minimum Gasteiger partial charge on any atom is -0.277 e. The van der Waals surface area contributed by atoms with Gasteiger partial charge < -0.3 is 0 Å². The molecule has 0 amide bonds. The third kappa shape index (κ3) is 1.95. The average molecular weight is 162 g/mol. The van der Waals surface area contributed by atoms with Gasteiger partial charge in [0.15, 0.2) is 5.84 Å². The van der Waals surface area contributed by atoms with Crippen LogP contribution >= 0.6 is 0 Å². The molecular weight excluding hydrogens is 152 g/mol. The summed E-state index contributed by atoms with van der Waals surface area (Å²) < 4.78 is 0. The molecule has 62 valence electrons. The maximum atomic E-state index is 4.08. The van der Waals surface area contributed by atoms with Crippen LogP contribution in [0, 0.1) is 0 Å². The number of hydrogen-bond acceptors (Lipinski definition) is 2. The zero-order valence-corrected chi connectivity index (χ0v) is 7.10. The van der Waals surface area contributed by atoms with E-state index in [4.69, 9.17) is 0 Å². The Balaban J connectivity index is 2.90. The molecule has 0 aromatic rings. The van der Waals surface area contributed by atoms with Gasteiger partial charge >= 0.3 is 0 Å². The van der Waals surface area contributed by atoms with Crippen LogP contribution in [-0.2, 0) is 0 Å². The molecule has 1 heterocycles. The zero-order chi connectivity index (χ0) is 8.81. The largest absolute Gasteiger partial charge is 0.277 e. The summed E-state index contributed by atoms with van der Waals surface area (Å²) in [5, 5.41) is 0. The second-order valence-electron chi connectivity index (χ2n) is 2.06. The lowest BCUT2D eigenvalue weighted by Gasteiger charge is -2.01. The normalized spacial score (nSPS) is 23.2. The molecule has 1 aliphatic heterocycles. The Kier molecular flexibility index (Phi) is 3.07. The van der Waals surface area contributed by atoms with E-state index < -0.39 is 0 Å². The van der Waals surface area contributed by atoms with Gasteiger partial charge in [0.1, 0.15) is 12.0 Å². The van der Waals surface area contributed by atoms with Crippen LogP contribution in [0.25, 0.3) is 0 Å². The predicted molar refractivity (Wildman–Crippen MR) is 52.6 cm³/mol. The minimum atomic E-state index is 0.602. The van der Waals surface area contributed by atoms with Crippen LogP contribution in [-0.4, -0.2) is 31.7 Å². The molecule has 4 heteroatoms. The number of amidine groups is 1. The van der Waals surface area contributed by atoms with Gasteiger partial charge in [-0.15, -0.1) is 0 Å². The van der Waals surface area contributed by atoms with Crippen molar-refractivity contribution >= 4 is 24.6 Å². The first-order valence-electron chi connectivity index (χ1n) is 3.60. The van der Waals surface area contributed by atoms with Crippen molar-refractivity contribution in [1.82, 2.24) is 0 Å². The van der Waals surface area contributed by atoms with Gasteiger partial charge in [-0.1, -0.05) is 6.08 Å². The summed E-state index contributed by atoms with van der Waals surface area (Å²) in [6.45, 7) is 1.89. The van der Waals surface area contributed by atoms with E-state index in [1.54, 1.807) is 19.5 Å². The molecule has 0 saturated carbocycles. The third-order valence-corrected chi connectivity index (χ3v) is 1.28. The first kappa shape index (κ1) is 8.52. The number of aliphatic imine (C=N–C) groups is 4. The van der Waals surface area contributed by atoms with Gasteiger partial charge in [0.2, 0.25) is 0 Å². The second-order valence-corrected chi connectivity index (χ2v) is 2.06. The average Bonchev–Trinajstić information content (AvgIpc) is 2.15. The summed E-state index contributed by atoms with van der Waals surface area (Å²) in [6, 6.07) is 0. The molecule has 0 atom stereocenters. The molecule has 4 nitrogen and oxygen atoms in total. The molecule has 0 spiro atoms. The lowest BCUT2D eigenvalue weighted by molar-refractivity contribution is 1.37. The summed E-state index contributed by atoms with van der Waals surface area (Å²) in [6.07, 6.45) is 6.55. The highest BCUT2D eigenvalue weighted by Crippen LogP contribution is 2.03. The van der Waals surface area contributed by atoms with E-state index in [0.717, 1.165) is 5.70 Å². The monoisotopic (exact) mass is 162 g/mol. The molecular formula is C8H10N4. The van der Waals surface area contributed by atoms with Crippen molar-refractivity contribution in [2.75, 3.05) is 7.05 Å². The van der Waals surface area contributed by atoms with Crippen LogP contribution in [0.1, 0.15) is 6.92 Å². The van der Waals surface area contributed by atoms with Gasteiger partial charge in [-0.25, -0.2) is 9.98 Å². The maximum Gasteiger partial charge on any atom is 0.179 e. The Morgan fingerprint density at radius 2 is 2.08 bits per heavy atom. The zero-order valence-electron chi connectivity index (χ0n) is 7.10. The fraction of sp³-hybridized carbons (Fsp3) is 0.250. The van der Waals surface area contributed by atoms with Crippen LogP contribution in [0.5, 0.6) is 0 Å². The molecule has 0 radical (unpaired) electrons. The van der Waals surface area contributed by atoms with Crippen molar-refractivity contribution in [3.63, 3.8) is 0 Å². The Hall–Kier alpha value is -1.58. The number of rotatable bonds is 1. The van der Waals surface area contributed by atoms with Crippen molar-refractivity contribution in [2.45, 2.75) is 6.92 Å². The van der Waals surface area contributed by atoms with Crippen molar-refractivity contribution in [3.05, 3.63) is 11.8 Å². The van der Waals surface area contributed by atoms with Crippen LogP contribution in [0.4, 0.5) is 0 Å². The summed E-state index contributed by atoms with van der Waals surface area (Å²) in [7, 11) is 1.66. The first-order valence-corrected chi connectivity index (χ1v) is 3.60. The van der Waals surface area contributed by atoms with Crippen LogP contribution in [0.2, 0.25) is 0 Å². The van der Waals surface area contributed by atoms with E-state index in [9.17, 15) is 0 Å². The summed E-state index contributed by atoms with van der Waals surface area (Å²) >= 11 is 0. The van der Waals surface area contributed by atoms with Crippen molar-refractivity contribution < 1.29 is 0 Å². The first-order chi connectivity index (χ1) is 5.88. The molecule has 0 aromatic heterocycles. The summed E-state index contributed by atoms with van der Waals surface area (Å²) in [4.78, 5) is 15.8. The molecule has 0 aliphatic carbocycles. The fourth-order valence-electron chi connectivity index (χ4n) is 0.757. The minimum absolute atomic E-state index is 0.602. The topological polar surface area (TPSA) is 49.4 Å². The van der Waals surface area contributed by atoms with Crippen LogP contribution in [0.15, 0.2) is 31.7 Å². The fourth-order valence-corrected chi connectivity index (χ4v) is 0.757. The molecule has 0 bridgehead atoms. The molecule has 0 unspecified atom stereocenters. The van der Waals surface area contributed by atoms with Crippen LogP contribution < -0.4 is 0 Å². The van der Waals surface area contributed by atoms with Gasteiger partial charge in [0.05, 0.1) is 0 Å². The Labute approximate surface area is 71.2 Å². The Morgan fingerprint density at radius 3 is 2.75 bits per heavy atom. The lowest BCUT2D eigenvalue weighted by atomic mass is 10.3. The number of nitrogens with zero attached hydrogens (tertiary/aromatic N) is 4. The van der Waals surface area contributed by atoms with Gasteiger partial charge in [0.25, 0.3) is 0 Å². The molecule has 12 heavy (non-hydrogen) atoms. The van der Waals surface area contributed by atoms with Gasteiger partial charge in [-0.2, -0.15) is 0 Å². The van der Waals surface area contributed by atoms with E-state index in [0.29, 0.717) is 5.84 Å². The Bertz CT molecular complexity index is 294. The maximum absolute atomic E-state index is 4.08. The smallest absolute Gasteiger partial charge is 0.179 e. The molecule has 0 N–H and O–H groups in total. The molecule has 0 saturated heterocycles. The predicted octanol–water partition coefficient (Wildman–Crippen LogP) is 1.10. The number of allylic oxidation sites excluding steroid dienone is 1. The van der Waals surface area contributed by atoms with Crippen molar-refractivity contribution in [2.24, 2.45) is 20.0 Å². The highest BCUT2D eigenvalue weighted by molar-refractivity contribution is 6.25. The quantitative estimate of drug-likeness (QED) is 0.409. The summed E-state index contributed by atoms with van der Waals surface area (Å²) in [5.74, 6) is 0.602. The molecule has 1 aliphatic rings. The Morgan fingerprint density at radius 1 is 1.33 bits per heavy atom. The molecule has 1 rings (SSSR count). The van der Waals surface area contributed by atoms with Crippen molar-refractivity contribution in [3.8, 4) is 0 Å². The van der Waals surface area contributed by atoms with Gasteiger partial charge in [-0.05, 0) is 6.92 Å². The SMILES string of the molecule is C/C=C1/N=CC=NC1=NC=NC. The number of hydrogen-bond donors (Lipinski definition) is 0. The van der Waals surface area contributed by atoms with E-state index in [1.807, 2.05) is 13.0 Å². The molecule has 0 fully saturated rings. The standard InChI is InChI=1S/C8H10N4/c1-3-7-8(12-6-9-2)11-5-4-10-7/h3-6H,1-2H3/b7-3+,9-6?,12-8?. The third-order valence-electron chi connectivity index (χ3n) is 1.28. The van der Waals surface area contributed by atoms with E-state index in [-0.39, 0.29) is 0 Å². The second kappa shape index (κ2) is 4.33.